The van der Waals surface area contributed by atoms with Crippen LogP contribution >= 0.6 is 0 Å². The van der Waals surface area contributed by atoms with Crippen LogP contribution < -0.4 is 5.43 Å². The Morgan fingerprint density at radius 3 is 2.91 bits per heavy atom. The Morgan fingerprint density at radius 1 is 1.57 bits per heavy atom. The van der Waals surface area contributed by atoms with Crippen molar-refractivity contribution in [2.45, 2.75) is 44.7 Å². The van der Waals surface area contributed by atoms with E-state index in [0.29, 0.717) is 18.4 Å². The van der Waals surface area contributed by atoms with Crippen LogP contribution in [0.15, 0.2) is 48.3 Å². The number of nitrogens with zero attached hydrogens (tertiary/aromatic N) is 1. The Balaban J connectivity index is 2.29. The number of hydrogen-bond acceptors (Lipinski definition) is 3. The van der Waals surface area contributed by atoms with Gasteiger partial charge in [0, 0.05) is 12.0 Å². The van der Waals surface area contributed by atoms with E-state index in [1.54, 1.807) is 23.2 Å². The molecule has 1 aliphatic heterocycles. The first kappa shape index (κ1) is 17.2. The fourth-order valence-electron chi connectivity index (χ4n) is 3.09. The molecule has 4 nitrogen and oxygen atoms in total. The molecular weight excluding hydrogens is 295 g/mol. The Labute approximate surface area is 136 Å². The number of carbonyl (C=O) groups excluding carboxylic acids is 1. The summed E-state index contributed by atoms with van der Waals surface area (Å²) < 4.78 is 13.3. The largest absolute Gasteiger partial charge is 0.510 e. The van der Waals surface area contributed by atoms with Gasteiger partial charge in [-0.2, -0.15) is 0 Å². The molecule has 1 amide bonds. The zero-order valence-electron chi connectivity index (χ0n) is 13.6. The van der Waals surface area contributed by atoms with Gasteiger partial charge in [0.1, 0.15) is 11.6 Å². The van der Waals surface area contributed by atoms with Crippen molar-refractivity contribution in [2.75, 3.05) is 0 Å². The van der Waals surface area contributed by atoms with Gasteiger partial charge in [-0.05, 0) is 50.0 Å². The number of rotatable bonds is 6. The molecule has 2 N–H and O–H groups in total. The summed E-state index contributed by atoms with van der Waals surface area (Å²) in [5.74, 6) is -0.138. The molecule has 1 aromatic carbocycles. The van der Waals surface area contributed by atoms with Crippen LogP contribution in [0.4, 0.5) is 4.39 Å². The Bertz CT molecular complexity index is 625. The molecule has 0 saturated carbocycles. The fourth-order valence-corrected chi connectivity index (χ4v) is 3.09. The molecule has 0 aliphatic carbocycles. The van der Waals surface area contributed by atoms with E-state index in [0.717, 1.165) is 18.4 Å². The van der Waals surface area contributed by atoms with Gasteiger partial charge in [0.2, 0.25) is 6.41 Å². The third kappa shape index (κ3) is 3.79. The van der Waals surface area contributed by atoms with Gasteiger partial charge in [-0.25, -0.2) is 9.40 Å². The summed E-state index contributed by atoms with van der Waals surface area (Å²) >= 11 is 0. The number of hydrazine groups is 1. The Hall–Kier alpha value is -2.14. The average Bonchev–Trinajstić information content (AvgIpc) is 2.80. The summed E-state index contributed by atoms with van der Waals surface area (Å²) in [5, 5.41) is 12.5. The van der Waals surface area contributed by atoms with Crippen molar-refractivity contribution in [1.29, 1.82) is 0 Å². The van der Waals surface area contributed by atoms with Gasteiger partial charge in [-0.1, -0.05) is 24.8 Å². The molecule has 0 bridgehead atoms. The first-order valence-electron chi connectivity index (χ1n) is 7.67. The number of nitrogens with one attached hydrogen (secondary N) is 1. The highest BCUT2D eigenvalue weighted by Crippen LogP contribution is 2.35. The molecule has 1 saturated heterocycles. The molecule has 1 unspecified atom stereocenters. The molecular formula is C18H23FN2O2. The predicted octanol–water partition coefficient (Wildman–Crippen LogP) is 3.27. The summed E-state index contributed by atoms with van der Waals surface area (Å²) in [6.07, 6.45) is 4.16. The van der Waals surface area contributed by atoms with E-state index in [1.165, 1.54) is 12.1 Å². The van der Waals surface area contributed by atoms with Gasteiger partial charge in [-0.3, -0.25) is 10.2 Å². The van der Waals surface area contributed by atoms with Crippen molar-refractivity contribution in [2.24, 2.45) is 0 Å². The highest BCUT2D eigenvalue weighted by molar-refractivity contribution is 5.46. The minimum Gasteiger partial charge on any atom is -0.510 e. The molecule has 1 heterocycles. The van der Waals surface area contributed by atoms with Gasteiger partial charge in [0.25, 0.3) is 0 Å². The van der Waals surface area contributed by atoms with Crippen LogP contribution in [0.25, 0.3) is 0 Å². The van der Waals surface area contributed by atoms with Crippen LogP contribution in [0.2, 0.25) is 0 Å². The number of allylic oxidation sites excluding steroid dienone is 2. The minimum atomic E-state index is -0.309. The summed E-state index contributed by atoms with van der Waals surface area (Å²) in [4.78, 5) is 10.9. The highest BCUT2D eigenvalue weighted by atomic mass is 19.1. The van der Waals surface area contributed by atoms with E-state index in [2.05, 4.69) is 12.0 Å². The summed E-state index contributed by atoms with van der Waals surface area (Å²) in [6.45, 7) is 7.78. The van der Waals surface area contributed by atoms with Crippen LogP contribution in [0.1, 0.15) is 32.3 Å². The van der Waals surface area contributed by atoms with E-state index < -0.39 is 0 Å². The average molecular weight is 318 g/mol. The van der Waals surface area contributed by atoms with Gasteiger partial charge >= 0.3 is 0 Å². The third-order valence-electron chi connectivity index (χ3n) is 4.36. The van der Waals surface area contributed by atoms with Crippen molar-refractivity contribution in [3.05, 3.63) is 59.6 Å². The lowest BCUT2D eigenvalue weighted by Gasteiger charge is -2.34. The summed E-state index contributed by atoms with van der Waals surface area (Å²) in [7, 11) is 0. The number of amides is 1. The van der Waals surface area contributed by atoms with Crippen LogP contribution in [0.3, 0.4) is 0 Å². The van der Waals surface area contributed by atoms with Crippen LogP contribution in [-0.4, -0.2) is 28.1 Å². The van der Waals surface area contributed by atoms with E-state index in [1.807, 2.05) is 13.8 Å². The normalized spacial score (nSPS) is 21.6. The first-order chi connectivity index (χ1) is 10.9. The zero-order chi connectivity index (χ0) is 17.0. The number of aliphatic hydroxyl groups excluding tert-OH is 1. The maximum Gasteiger partial charge on any atom is 0.221 e. The number of aliphatic hydroxyl groups is 1. The number of benzene rings is 1. The monoisotopic (exact) mass is 318 g/mol. The van der Waals surface area contributed by atoms with Gasteiger partial charge < -0.3 is 5.11 Å². The van der Waals surface area contributed by atoms with Crippen LogP contribution in [-0.2, 0) is 11.2 Å². The quantitative estimate of drug-likeness (QED) is 0.481. The lowest BCUT2D eigenvalue weighted by Crippen LogP contribution is -2.52. The number of hydrogen-bond donors (Lipinski definition) is 2. The number of carbonyl (C=O) groups is 1. The lowest BCUT2D eigenvalue weighted by atomic mass is 10.00. The van der Waals surface area contributed by atoms with E-state index in [4.69, 9.17) is 0 Å². The molecule has 1 fully saturated rings. The van der Waals surface area contributed by atoms with Gasteiger partial charge in [0.05, 0.1) is 6.04 Å². The maximum absolute atomic E-state index is 13.3. The molecule has 1 atom stereocenters. The Morgan fingerprint density at radius 2 is 2.30 bits per heavy atom. The SMILES string of the molecule is C=C/C(Cc1cccc(F)c1)=C(\O)C1CCC(C)(C)N1NC=O. The second-order valence-corrected chi connectivity index (χ2v) is 6.41. The molecule has 0 spiro atoms. The molecule has 124 valence electrons. The highest BCUT2D eigenvalue weighted by Gasteiger charge is 2.42. The third-order valence-corrected chi connectivity index (χ3v) is 4.36. The van der Waals surface area contributed by atoms with Gasteiger partial charge in [-0.15, -0.1) is 0 Å². The summed E-state index contributed by atoms with van der Waals surface area (Å²) in [5.41, 5.74) is 3.83. The second-order valence-electron chi connectivity index (χ2n) is 6.41. The molecule has 1 aliphatic rings. The van der Waals surface area contributed by atoms with Crippen molar-refractivity contribution in [1.82, 2.24) is 10.4 Å². The van der Waals surface area contributed by atoms with E-state index in [-0.39, 0.29) is 23.2 Å². The van der Waals surface area contributed by atoms with Crippen molar-refractivity contribution in [3.8, 4) is 0 Å². The van der Waals surface area contributed by atoms with Gasteiger partial charge in [0.15, 0.2) is 0 Å². The fraction of sp³-hybridized carbons (Fsp3) is 0.389. The molecule has 0 radical (unpaired) electrons. The maximum atomic E-state index is 13.3. The van der Waals surface area contributed by atoms with Crippen molar-refractivity contribution >= 4 is 6.41 Å². The zero-order valence-corrected chi connectivity index (χ0v) is 13.6. The van der Waals surface area contributed by atoms with Crippen molar-refractivity contribution in [3.63, 3.8) is 0 Å². The van der Waals surface area contributed by atoms with Crippen molar-refractivity contribution < 1.29 is 14.3 Å². The second kappa shape index (κ2) is 6.96. The molecule has 0 aromatic heterocycles. The predicted molar refractivity (Wildman–Crippen MR) is 88.1 cm³/mol. The van der Waals surface area contributed by atoms with E-state index in [9.17, 15) is 14.3 Å². The topological polar surface area (TPSA) is 52.6 Å². The first-order valence-corrected chi connectivity index (χ1v) is 7.67. The summed E-state index contributed by atoms with van der Waals surface area (Å²) in [6, 6.07) is 5.96. The minimum absolute atomic E-state index is 0.171. The lowest BCUT2D eigenvalue weighted by molar-refractivity contribution is -0.116. The van der Waals surface area contributed by atoms with E-state index >= 15 is 0 Å². The Kier molecular flexibility index (Phi) is 5.21. The molecule has 23 heavy (non-hydrogen) atoms. The standard InChI is InChI=1S/C18H23FN2O2/c1-4-14(10-13-6-5-7-15(19)11-13)17(23)16-8-9-18(2,3)21(16)20-12-22/h4-7,11-12,16,23H,1,8-10H2,2-3H3,(H,20,22)/b17-14+. The molecule has 2 rings (SSSR count). The van der Waals surface area contributed by atoms with Crippen LogP contribution in [0, 0.1) is 5.82 Å². The molecule has 5 heteroatoms. The molecule has 1 aromatic rings. The number of halogens is 1. The smallest absolute Gasteiger partial charge is 0.221 e. The van der Waals surface area contributed by atoms with Crippen LogP contribution in [0.5, 0.6) is 0 Å².